The van der Waals surface area contributed by atoms with E-state index in [1.54, 1.807) is 0 Å². The van der Waals surface area contributed by atoms with E-state index < -0.39 is 0 Å². The average molecular weight is 463 g/mol. The van der Waals surface area contributed by atoms with Crippen molar-refractivity contribution in [2.75, 3.05) is 13.1 Å². The van der Waals surface area contributed by atoms with Gasteiger partial charge in [0.05, 0.1) is 0 Å². The van der Waals surface area contributed by atoms with Gasteiger partial charge in [0.1, 0.15) is 6.17 Å². The van der Waals surface area contributed by atoms with Crippen molar-refractivity contribution in [3.05, 3.63) is 12.4 Å². The van der Waals surface area contributed by atoms with E-state index in [0.29, 0.717) is 6.17 Å². The Kier molecular flexibility index (Phi) is 21.3. The minimum atomic E-state index is 0.636. The normalized spacial score (nSPS) is 15.8. The average Bonchev–Trinajstić information content (AvgIpc) is 3.22. The highest BCUT2D eigenvalue weighted by atomic mass is 15.4. The molecule has 0 bridgehead atoms. The first-order chi connectivity index (χ1) is 16.3. The first-order valence-electron chi connectivity index (χ1n) is 15.5. The molecule has 0 saturated carbocycles. The Bertz CT molecular complexity index is 419. The third kappa shape index (κ3) is 16.6. The smallest absolute Gasteiger partial charge is 0.101 e. The van der Waals surface area contributed by atoms with Crippen LogP contribution in [0.25, 0.3) is 0 Å². The molecule has 0 aliphatic carbocycles. The lowest BCUT2D eigenvalue weighted by Crippen LogP contribution is -2.38. The van der Waals surface area contributed by atoms with Crippen LogP contribution < -0.4 is 0 Å². The van der Waals surface area contributed by atoms with Gasteiger partial charge in [-0.15, -0.1) is 0 Å². The zero-order valence-corrected chi connectivity index (χ0v) is 23.3. The van der Waals surface area contributed by atoms with E-state index >= 15 is 0 Å². The Balaban J connectivity index is 1.97. The molecule has 196 valence electrons. The standard InChI is InChI=1S/C31H62N2/c1-4-7-9-11-13-15-16-17-18-19-20-22-24-26-28-33-30-29-32(6-3)31(33)27-25-23-21-14-12-10-8-5-2/h29-31H,4-28H2,1-3H3. The summed E-state index contributed by atoms with van der Waals surface area (Å²) in [5.41, 5.74) is 0. The largest absolute Gasteiger partial charge is 0.356 e. The van der Waals surface area contributed by atoms with Gasteiger partial charge >= 0.3 is 0 Å². The summed E-state index contributed by atoms with van der Waals surface area (Å²) in [4.78, 5) is 5.20. The Morgan fingerprint density at radius 2 is 0.788 bits per heavy atom. The third-order valence-electron chi connectivity index (χ3n) is 7.67. The second-order valence-corrected chi connectivity index (χ2v) is 10.7. The second-order valence-electron chi connectivity index (χ2n) is 10.7. The SMILES string of the molecule is CCCCCCCCCCCCCCCCN1C=CN(CC)C1CCCCCCCCCC. The molecule has 0 fully saturated rings. The topological polar surface area (TPSA) is 6.48 Å². The van der Waals surface area contributed by atoms with E-state index in [4.69, 9.17) is 0 Å². The minimum absolute atomic E-state index is 0.636. The van der Waals surface area contributed by atoms with E-state index in [1.165, 1.54) is 154 Å². The molecule has 0 saturated heterocycles. The van der Waals surface area contributed by atoms with Crippen LogP contribution in [0, 0.1) is 0 Å². The summed E-state index contributed by atoms with van der Waals surface area (Å²) < 4.78 is 0. The van der Waals surface area contributed by atoms with Gasteiger partial charge in [0, 0.05) is 25.5 Å². The fraction of sp³-hybridized carbons (Fsp3) is 0.935. The lowest BCUT2D eigenvalue weighted by molar-refractivity contribution is 0.142. The number of rotatable bonds is 25. The molecule has 2 nitrogen and oxygen atoms in total. The van der Waals surface area contributed by atoms with Crippen molar-refractivity contribution in [3.8, 4) is 0 Å². The molecule has 2 heteroatoms. The molecule has 1 rings (SSSR count). The second kappa shape index (κ2) is 23.1. The van der Waals surface area contributed by atoms with Crippen LogP contribution in [0.5, 0.6) is 0 Å². The zero-order valence-electron chi connectivity index (χ0n) is 23.3. The molecular formula is C31H62N2. The van der Waals surface area contributed by atoms with Gasteiger partial charge in [-0.05, 0) is 26.2 Å². The fourth-order valence-electron chi connectivity index (χ4n) is 5.38. The Hall–Kier alpha value is -0.660. The van der Waals surface area contributed by atoms with Crippen LogP contribution in [0.1, 0.15) is 168 Å². The Morgan fingerprint density at radius 1 is 0.424 bits per heavy atom. The van der Waals surface area contributed by atoms with Crippen LogP contribution in [-0.2, 0) is 0 Å². The summed E-state index contributed by atoms with van der Waals surface area (Å²) in [6, 6.07) is 0. The molecule has 0 radical (unpaired) electrons. The van der Waals surface area contributed by atoms with Gasteiger partial charge in [0.25, 0.3) is 0 Å². The Labute approximate surface area is 210 Å². The van der Waals surface area contributed by atoms with Crippen molar-refractivity contribution >= 4 is 0 Å². The molecule has 1 aliphatic rings. The predicted molar refractivity (Wildman–Crippen MR) is 150 cm³/mol. The molecule has 0 aromatic carbocycles. The molecular weight excluding hydrogens is 400 g/mol. The summed E-state index contributed by atoms with van der Waals surface area (Å²) in [6.07, 6.45) is 38.3. The molecule has 1 heterocycles. The van der Waals surface area contributed by atoms with E-state index in [2.05, 4.69) is 43.0 Å². The molecule has 0 N–H and O–H groups in total. The van der Waals surface area contributed by atoms with Crippen LogP contribution in [0.2, 0.25) is 0 Å². The van der Waals surface area contributed by atoms with Crippen molar-refractivity contribution in [2.45, 2.75) is 175 Å². The Morgan fingerprint density at radius 3 is 1.21 bits per heavy atom. The van der Waals surface area contributed by atoms with Crippen molar-refractivity contribution in [1.29, 1.82) is 0 Å². The molecule has 0 aromatic rings. The summed E-state index contributed by atoms with van der Waals surface area (Å²) in [5.74, 6) is 0. The van der Waals surface area contributed by atoms with E-state index in [1.807, 2.05) is 0 Å². The molecule has 0 spiro atoms. The van der Waals surface area contributed by atoms with Gasteiger partial charge in [-0.3, -0.25) is 0 Å². The molecule has 1 unspecified atom stereocenters. The molecule has 1 aliphatic heterocycles. The predicted octanol–water partition coefficient (Wildman–Crippen LogP) is 10.4. The third-order valence-corrected chi connectivity index (χ3v) is 7.67. The quantitative estimate of drug-likeness (QED) is 0.124. The summed E-state index contributed by atoms with van der Waals surface area (Å²) in [7, 11) is 0. The molecule has 0 amide bonds. The highest BCUT2D eigenvalue weighted by Crippen LogP contribution is 2.22. The van der Waals surface area contributed by atoms with E-state index in [-0.39, 0.29) is 0 Å². The first kappa shape index (κ1) is 30.4. The maximum atomic E-state index is 2.64. The van der Waals surface area contributed by atoms with Gasteiger partial charge in [0.15, 0.2) is 0 Å². The van der Waals surface area contributed by atoms with Gasteiger partial charge in [0.2, 0.25) is 0 Å². The van der Waals surface area contributed by atoms with Crippen molar-refractivity contribution < 1.29 is 0 Å². The monoisotopic (exact) mass is 462 g/mol. The van der Waals surface area contributed by atoms with Crippen molar-refractivity contribution in [2.24, 2.45) is 0 Å². The van der Waals surface area contributed by atoms with Crippen molar-refractivity contribution in [1.82, 2.24) is 9.80 Å². The van der Waals surface area contributed by atoms with Crippen LogP contribution in [0.3, 0.4) is 0 Å². The summed E-state index contributed by atoms with van der Waals surface area (Å²) in [6.45, 7) is 9.32. The minimum Gasteiger partial charge on any atom is -0.356 e. The number of unbranched alkanes of at least 4 members (excludes halogenated alkanes) is 20. The first-order valence-corrected chi connectivity index (χ1v) is 15.5. The van der Waals surface area contributed by atoms with Gasteiger partial charge in [-0.25, -0.2) is 0 Å². The fourth-order valence-corrected chi connectivity index (χ4v) is 5.38. The summed E-state index contributed by atoms with van der Waals surface area (Å²) >= 11 is 0. The molecule has 1 atom stereocenters. The highest BCUT2D eigenvalue weighted by Gasteiger charge is 2.23. The number of hydrogen-bond acceptors (Lipinski definition) is 2. The zero-order chi connectivity index (χ0) is 23.8. The van der Waals surface area contributed by atoms with Crippen LogP contribution in [-0.4, -0.2) is 29.1 Å². The highest BCUT2D eigenvalue weighted by molar-refractivity contribution is 4.96. The lowest BCUT2D eigenvalue weighted by atomic mass is 10.0. The molecule has 33 heavy (non-hydrogen) atoms. The van der Waals surface area contributed by atoms with Crippen LogP contribution in [0.15, 0.2) is 12.4 Å². The van der Waals surface area contributed by atoms with Crippen LogP contribution in [0.4, 0.5) is 0 Å². The van der Waals surface area contributed by atoms with Crippen molar-refractivity contribution in [3.63, 3.8) is 0 Å². The maximum absolute atomic E-state index is 2.64. The summed E-state index contributed by atoms with van der Waals surface area (Å²) in [5, 5.41) is 0. The van der Waals surface area contributed by atoms with E-state index in [0.717, 1.165) is 6.54 Å². The lowest BCUT2D eigenvalue weighted by Gasteiger charge is -2.32. The molecule has 0 aromatic heterocycles. The number of hydrogen-bond donors (Lipinski definition) is 0. The van der Waals surface area contributed by atoms with E-state index in [9.17, 15) is 0 Å². The van der Waals surface area contributed by atoms with Gasteiger partial charge in [-0.2, -0.15) is 0 Å². The number of nitrogens with zero attached hydrogens (tertiary/aromatic N) is 2. The van der Waals surface area contributed by atoms with Gasteiger partial charge in [-0.1, -0.05) is 142 Å². The van der Waals surface area contributed by atoms with Gasteiger partial charge < -0.3 is 9.80 Å². The van der Waals surface area contributed by atoms with Crippen LogP contribution >= 0.6 is 0 Å². The maximum Gasteiger partial charge on any atom is 0.101 e.